The average Bonchev–Trinajstić information content (AvgIpc) is 2.52. The standard InChI is InChI=1S/C11H13FN2O/c1-7-2-3-8(12)6-10(7)14-5-4-9(13)11(14)15/h2-3,6,9H,4-5,13H2,1H3. The Bertz CT molecular complexity index is 406. The van der Waals surface area contributed by atoms with E-state index in [9.17, 15) is 9.18 Å². The van der Waals surface area contributed by atoms with E-state index in [-0.39, 0.29) is 11.7 Å². The van der Waals surface area contributed by atoms with Gasteiger partial charge >= 0.3 is 0 Å². The number of hydrogen-bond acceptors (Lipinski definition) is 2. The summed E-state index contributed by atoms with van der Waals surface area (Å²) in [4.78, 5) is 13.2. The summed E-state index contributed by atoms with van der Waals surface area (Å²) in [6.45, 7) is 2.43. The van der Waals surface area contributed by atoms with Crippen LogP contribution in [0.25, 0.3) is 0 Å². The number of halogens is 1. The van der Waals surface area contributed by atoms with E-state index in [2.05, 4.69) is 0 Å². The van der Waals surface area contributed by atoms with Gasteiger partial charge in [0.1, 0.15) is 5.82 Å². The molecule has 0 spiro atoms. The molecule has 0 bridgehead atoms. The third-order valence-corrected chi connectivity index (χ3v) is 2.71. The normalized spacial score (nSPS) is 21.1. The third kappa shape index (κ3) is 1.72. The van der Waals surface area contributed by atoms with Crippen molar-refractivity contribution in [2.45, 2.75) is 19.4 Å². The van der Waals surface area contributed by atoms with Crippen molar-refractivity contribution >= 4 is 11.6 Å². The molecule has 2 rings (SSSR count). The minimum atomic E-state index is -0.437. The van der Waals surface area contributed by atoms with Crippen LogP contribution in [0.4, 0.5) is 10.1 Å². The highest BCUT2D eigenvalue weighted by atomic mass is 19.1. The van der Waals surface area contributed by atoms with Gasteiger partial charge in [0.2, 0.25) is 5.91 Å². The van der Waals surface area contributed by atoms with E-state index in [1.807, 2.05) is 6.92 Å². The topological polar surface area (TPSA) is 46.3 Å². The number of anilines is 1. The largest absolute Gasteiger partial charge is 0.320 e. The van der Waals surface area contributed by atoms with Gasteiger partial charge in [-0.15, -0.1) is 0 Å². The Kier molecular flexibility index (Phi) is 2.44. The van der Waals surface area contributed by atoms with Gasteiger partial charge in [0.05, 0.1) is 6.04 Å². The predicted molar refractivity (Wildman–Crippen MR) is 56.1 cm³/mol. The minimum absolute atomic E-state index is 0.122. The maximum Gasteiger partial charge on any atom is 0.243 e. The number of carbonyl (C=O) groups excluding carboxylic acids is 1. The molecule has 1 aliphatic rings. The molecule has 1 unspecified atom stereocenters. The Balaban J connectivity index is 2.37. The fraction of sp³-hybridized carbons (Fsp3) is 0.364. The Hall–Kier alpha value is -1.42. The number of aryl methyl sites for hydroxylation is 1. The van der Waals surface area contributed by atoms with Gasteiger partial charge in [-0.25, -0.2) is 4.39 Å². The second kappa shape index (κ2) is 3.62. The quantitative estimate of drug-likeness (QED) is 0.753. The summed E-state index contributed by atoms with van der Waals surface area (Å²) < 4.78 is 13.1. The van der Waals surface area contributed by atoms with Crippen molar-refractivity contribution in [1.82, 2.24) is 0 Å². The van der Waals surface area contributed by atoms with Gasteiger partial charge in [0.15, 0.2) is 0 Å². The molecule has 1 aromatic carbocycles. The smallest absolute Gasteiger partial charge is 0.243 e. The zero-order chi connectivity index (χ0) is 11.0. The summed E-state index contributed by atoms with van der Waals surface area (Å²) in [6, 6.07) is 4.00. The first-order valence-corrected chi connectivity index (χ1v) is 4.92. The number of nitrogens with zero attached hydrogens (tertiary/aromatic N) is 1. The molecule has 80 valence electrons. The molecule has 1 heterocycles. The minimum Gasteiger partial charge on any atom is -0.320 e. The van der Waals surface area contributed by atoms with E-state index in [0.717, 1.165) is 5.56 Å². The second-order valence-corrected chi connectivity index (χ2v) is 3.82. The maximum absolute atomic E-state index is 13.1. The lowest BCUT2D eigenvalue weighted by molar-refractivity contribution is -0.118. The molecule has 0 saturated carbocycles. The highest BCUT2D eigenvalue weighted by Crippen LogP contribution is 2.25. The van der Waals surface area contributed by atoms with Crippen molar-refractivity contribution in [3.8, 4) is 0 Å². The monoisotopic (exact) mass is 208 g/mol. The van der Waals surface area contributed by atoms with Crippen molar-refractivity contribution in [3.05, 3.63) is 29.6 Å². The van der Waals surface area contributed by atoms with Crippen LogP contribution in [0.2, 0.25) is 0 Å². The highest BCUT2D eigenvalue weighted by Gasteiger charge is 2.30. The molecule has 0 radical (unpaired) electrons. The van der Waals surface area contributed by atoms with Crippen molar-refractivity contribution in [3.63, 3.8) is 0 Å². The van der Waals surface area contributed by atoms with Gasteiger partial charge in [-0.05, 0) is 31.0 Å². The van der Waals surface area contributed by atoms with E-state index >= 15 is 0 Å². The van der Waals surface area contributed by atoms with Crippen LogP contribution in [0, 0.1) is 12.7 Å². The van der Waals surface area contributed by atoms with E-state index < -0.39 is 6.04 Å². The number of hydrogen-bond donors (Lipinski definition) is 1. The summed E-state index contributed by atoms with van der Waals surface area (Å²) >= 11 is 0. The second-order valence-electron chi connectivity index (χ2n) is 3.82. The van der Waals surface area contributed by atoms with Crippen LogP contribution in [0.3, 0.4) is 0 Å². The number of nitrogens with two attached hydrogens (primary N) is 1. The van der Waals surface area contributed by atoms with Gasteiger partial charge in [-0.3, -0.25) is 4.79 Å². The van der Waals surface area contributed by atoms with Crippen LogP contribution in [-0.2, 0) is 4.79 Å². The summed E-state index contributed by atoms with van der Waals surface area (Å²) in [5.41, 5.74) is 7.13. The van der Waals surface area contributed by atoms with Crippen LogP contribution in [0.15, 0.2) is 18.2 Å². The van der Waals surface area contributed by atoms with Crippen molar-refractivity contribution in [2.75, 3.05) is 11.4 Å². The maximum atomic E-state index is 13.1. The molecule has 1 aromatic rings. The summed E-state index contributed by atoms with van der Waals surface area (Å²) in [7, 11) is 0. The average molecular weight is 208 g/mol. The predicted octanol–water partition coefficient (Wildman–Crippen LogP) is 1.20. The zero-order valence-electron chi connectivity index (χ0n) is 8.53. The first-order chi connectivity index (χ1) is 7.09. The lowest BCUT2D eigenvalue weighted by Crippen LogP contribution is -2.34. The summed E-state index contributed by atoms with van der Waals surface area (Å²) in [5.74, 6) is -0.451. The number of carbonyl (C=O) groups is 1. The molecule has 0 aromatic heterocycles. The molecule has 3 nitrogen and oxygen atoms in total. The van der Waals surface area contributed by atoms with Crippen LogP contribution < -0.4 is 10.6 Å². The Labute approximate surface area is 87.7 Å². The lowest BCUT2D eigenvalue weighted by atomic mass is 10.2. The summed E-state index contributed by atoms with van der Waals surface area (Å²) in [6.07, 6.45) is 0.634. The molecule has 1 atom stereocenters. The Morgan fingerprint density at radius 3 is 2.87 bits per heavy atom. The molecule has 1 aliphatic heterocycles. The van der Waals surface area contributed by atoms with Crippen LogP contribution >= 0.6 is 0 Å². The SMILES string of the molecule is Cc1ccc(F)cc1N1CCC(N)C1=O. The van der Waals surface area contributed by atoms with Crippen molar-refractivity contribution < 1.29 is 9.18 Å². The number of benzene rings is 1. The first kappa shape index (κ1) is 10.1. The highest BCUT2D eigenvalue weighted by molar-refractivity contribution is 5.99. The molecule has 2 N–H and O–H groups in total. The Morgan fingerprint density at radius 2 is 2.27 bits per heavy atom. The van der Waals surface area contributed by atoms with Crippen LogP contribution in [0.1, 0.15) is 12.0 Å². The first-order valence-electron chi connectivity index (χ1n) is 4.92. The molecule has 4 heteroatoms. The lowest BCUT2D eigenvalue weighted by Gasteiger charge is -2.18. The molecule has 1 fully saturated rings. The fourth-order valence-electron chi connectivity index (χ4n) is 1.81. The zero-order valence-corrected chi connectivity index (χ0v) is 8.53. The molecule has 15 heavy (non-hydrogen) atoms. The Morgan fingerprint density at radius 1 is 1.53 bits per heavy atom. The van der Waals surface area contributed by atoms with Gasteiger partial charge in [-0.2, -0.15) is 0 Å². The van der Waals surface area contributed by atoms with Crippen LogP contribution in [0.5, 0.6) is 0 Å². The van der Waals surface area contributed by atoms with Crippen LogP contribution in [-0.4, -0.2) is 18.5 Å². The van der Waals surface area contributed by atoms with E-state index in [4.69, 9.17) is 5.73 Å². The van der Waals surface area contributed by atoms with E-state index in [1.165, 1.54) is 12.1 Å². The van der Waals surface area contributed by atoms with Crippen molar-refractivity contribution in [1.29, 1.82) is 0 Å². The van der Waals surface area contributed by atoms with Crippen molar-refractivity contribution in [2.24, 2.45) is 5.73 Å². The fourth-order valence-corrected chi connectivity index (χ4v) is 1.81. The van der Waals surface area contributed by atoms with Gasteiger partial charge in [0, 0.05) is 12.2 Å². The summed E-state index contributed by atoms with van der Waals surface area (Å²) in [5, 5.41) is 0. The molecule has 0 aliphatic carbocycles. The number of rotatable bonds is 1. The van der Waals surface area contributed by atoms with Gasteiger partial charge < -0.3 is 10.6 Å². The van der Waals surface area contributed by atoms with Gasteiger partial charge in [-0.1, -0.05) is 6.07 Å². The molecular weight excluding hydrogens is 195 g/mol. The van der Waals surface area contributed by atoms with E-state index in [0.29, 0.717) is 18.7 Å². The third-order valence-electron chi connectivity index (χ3n) is 2.71. The molecular formula is C11H13FN2O. The van der Waals surface area contributed by atoms with E-state index in [1.54, 1.807) is 11.0 Å². The molecule has 1 amide bonds. The number of amides is 1. The van der Waals surface area contributed by atoms with Gasteiger partial charge in [0.25, 0.3) is 0 Å². The molecule has 1 saturated heterocycles.